The molecule has 0 aromatic heterocycles. The number of hydrogen-bond acceptors (Lipinski definition) is 4. The minimum absolute atomic E-state index is 0. The van der Waals surface area contributed by atoms with Gasteiger partial charge >= 0.3 is 0 Å². The lowest BCUT2D eigenvalue weighted by atomic mass is 10.1. The molecule has 2 rings (SSSR count). The fraction of sp³-hybridized carbons (Fsp3) is 0.571. The van der Waals surface area contributed by atoms with Crippen LogP contribution in [0.25, 0.3) is 0 Å². The number of rotatable bonds is 6. The lowest BCUT2D eigenvalue weighted by molar-refractivity contribution is 0.311. The molecule has 100 valence electrons. The fourth-order valence-electron chi connectivity index (χ4n) is 1.91. The zero-order valence-electron chi connectivity index (χ0n) is 10.3. The number of hydrogen-bond donors (Lipinski definition) is 0. The molecule has 0 radical (unpaired) electrons. The van der Waals surface area contributed by atoms with E-state index in [4.69, 9.17) is 4.74 Å². The van der Waals surface area contributed by atoms with Gasteiger partial charge in [0, 0.05) is 6.54 Å². The maximum atomic E-state index is 5.13. The van der Waals surface area contributed by atoms with Crippen LogP contribution in [0, 0.1) is 0 Å². The maximum absolute atomic E-state index is 5.13. The van der Waals surface area contributed by atoms with Crippen LogP contribution in [-0.4, -0.2) is 31.8 Å². The Hall–Kier alpha value is -1.58. The van der Waals surface area contributed by atoms with Gasteiger partial charge in [-0.15, -0.1) is 0 Å². The molecule has 18 heavy (non-hydrogen) atoms. The molecule has 0 atom stereocenters. The molecule has 1 aromatic carbocycles. The summed E-state index contributed by atoms with van der Waals surface area (Å²) in [4.78, 5) is 0. The van der Waals surface area contributed by atoms with Gasteiger partial charge in [0.2, 0.25) is 0 Å². The van der Waals surface area contributed by atoms with E-state index in [1.54, 1.807) is 7.11 Å². The third kappa shape index (κ3) is 4.35. The Morgan fingerprint density at radius 2 is 2.00 bits per heavy atom. The topological polar surface area (TPSA) is 37.2 Å². The van der Waals surface area contributed by atoms with E-state index in [1.165, 1.54) is 18.4 Å². The average Bonchev–Trinajstić information content (AvgIpc) is 2.88. The van der Waals surface area contributed by atoms with Crippen molar-refractivity contribution in [2.45, 2.75) is 26.7 Å². The molecule has 0 unspecified atom stereocenters. The van der Waals surface area contributed by atoms with E-state index in [9.17, 15) is 0 Å². The molecular formula is C14H23N3O. The molecule has 0 amide bonds. The van der Waals surface area contributed by atoms with Crippen molar-refractivity contribution in [1.29, 1.82) is 0 Å². The Bertz CT molecular complexity index is 362. The summed E-state index contributed by atoms with van der Waals surface area (Å²) in [5, 5.41) is 10.1. The molecule has 0 spiro atoms. The number of unbranched alkanes of at least 4 members (excludes halogenated alkanes) is 1. The lowest BCUT2D eigenvalue weighted by Gasteiger charge is -2.10. The molecule has 0 saturated carbocycles. The molecular weight excluding hydrogens is 226 g/mol. The molecule has 4 heteroatoms. The summed E-state index contributed by atoms with van der Waals surface area (Å²) in [6.45, 7) is 2.88. The third-order valence-electron chi connectivity index (χ3n) is 2.94. The lowest BCUT2D eigenvalue weighted by Crippen LogP contribution is -2.16. The highest BCUT2D eigenvalue weighted by molar-refractivity contribution is 5.27. The highest BCUT2D eigenvalue weighted by atomic mass is 16.5. The van der Waals surface area contributed by atoms with Gasteiger partial charge in [0.1, 0.15) is 5.75 Å². The molecule has 1 aliphatic heterocycles. The molecule has 0 aliphatic carbocycles. The average molecular weight is 249 g/mol. The fourth-order valence-corrected chi connectivity index (χ4v) is 1.91. The van der Waals surface area contributed by atoms with Crippen LogP contribution in [0.5, 0.6) is 5.75 Å². The number of ether oxygens (including phenoxy) is 1. The van der Waals surface area contributed by atoms with Crippen LogP contribution in [0.15, 0.2) is 34.6 Å². The van der Waals surface area contributed by atoms with Crippen LogP contribution in [-0.2, 0) is 6.42 Å². The molecule has 1 aliphatic rings. The summed E-state index contributed by atoms with van der Waals surface area (Å²) < 4.78 is 5.13. The zero-order valence-corrected chi connectivity index (χ0v) is 10.3. The molecule has 0 bridgehead atoms. The maximum Gasteiger partial charge on any atom is 0.118 e. The monoisotopic (exact) mass is 249 g/mol. The van der Waals surface area contributed by atoms with Crippen molar-refractivity contribution in [1.82, 2.24) is 5.01 Å². The van der Waals surface area contributed by atoms with E-state index in [1.807, 2.05) is 17.1 Å². The Labute approximate surface area is 110 Å². The molecule has 4 nitrogen and oxygen atoms in total. The van der Waals surface area contributed by atoms with Gasteiger partial charge in [-0.25, -0.2) is 0 Å². The molecule has 1 aromatic rings. The minimum atomic E-state index is 0. The predicted molar refractivity (Wildman–Crippen MR) is 74.0 cm³/mol. The first-order chi connectivity index (χ1) is 8.38. The van der Waals surface area contributed by atoms with Gasteiger partial charge in [-0.2, -0.15) is 5.11 Å². The molecule has 0 N–H and O–H groups in total. The van der Waals surface area contributed by atoms with Crippen LogP contribution in [0.2, 0.25) is 0 Å². The number of methoxy groups -OCH3 is 1. The largest absolute Gasteiger partial charge is 0.497 e. The third-order valence-corrected chi connectivity index (χ3v) is 2.94. The predicted octanol–water partition coefficient (Wildman–Crippen LogP) is 3.34. The first-order valence-electron chi connectivity index (χ1n) is 6.14. The van der Waals surface area contributed by atoms with Crippen molar-refractivity contribution in [2.75, 3.05) is 26.7 Å². The van der Waals surface area contributed by atoms with Crippen LogP contribution < -0.4 is 4.74 Å². The Morgan fingerprint density at radius 1 is 1.22 bits per heavy atom. The molecule has 0 saturated heterocycles. The van der Waals surface area contributed by atoms with Gasteiger partial charge in [0.15, 0.2) is 0 Å². The highest BCUT2D eigenvalue weighted by Gasteiger charge is 2.05. The Balaban J connectivity index is 0.00000162. The van der Waals surface area contributed by atoms with Crippen molar-refractivity contribution in [3.8, 4) is 5.75 Å². The Kier molecular flexibility index (Phi) is 6.19. The summed E-state index contributed by atoms with van der Waals surface area (Å²) >= 11 is 0. The smallest absolute Gasteiger partial charge is 0.118 e. The second-order valence-corrected chi connectivity index (χ2v) is 4.21. The number of benzene rings is 1. The van der Waals surface area contributed by atoms with E-state index < -0.39 is 0 Å². The van der Waals surface area contributed by atoms with Crippen LogP contribution in [0.1, 0.15) is 25.8 Å². The van der Waals surface area contributed by atoms with Crippen molar-refractivity contribution in [3.05, 3.63) is 29.8 Å². The van der Waals surface area contributed by atoms with Crippen molar-refractivity contribution in [3.63, 3.8) is 0 Å². The van der Waals surface area contributed by atoms with E-state index >= 15 is 0 Å². The van der Waals surface area contributed by atoms with Gasteiger partial charge in [0.25, 0.3) is 0 Å². The summed E-state index contributed by atoms with van der Waals surface area (Å²) in [5.74, 6) is 0.922. The van der Waals surface area contributed by atoms with Crippen LogP contribution >= 0.6 is 0 Å². The van der Waals surface area contributed by atoms with Gasteiger partial charge in [-0.1, -0.05) is 24.8 Å². The van der Waals surface area contributed by atoms with Crippen molar-refractivity contribution < 1.29 is 4.74 Å². The number of nitrogens with zero attached hydrogens (tertiary/aromatic N) is 3. The first kappa shape index (κ1) is 14.5. The summed E-state index contributed by atoms with van der Waals surface area (Å²) in [7, 11) is 1.69. The first-order valence-corrected chi connectivity index (χ1v) is 6.14. The van der Waals surface area contributed by atoms with E-state index in [0.717, 1.165) is 31.8 Å². The van der Waals surface area contributed by atoms with Crippen LogP contribution in [0.4, 0.5) is 0 Å². The highest BCUT2D eigenvalue weighted by Crippen LogP contribution is 2.13. The standard InChI is InChI=1S/C13H19N3O.CH4/c1-17-13-7-5-12(6-8-13)4-2-3-10-16-11-9-14-15-16;/h5-8H,2-4,9-11H2,1H3;1H4. The Morgan fingerprint density at radius 3 is 2.61 bits per heavy atom. The minimum Gasteiger partial charge on any atom is -0.497 e. The van der Waals surface area contributed by atoms with Gasteiger partial charge in [-0.3, -0.25) is 5.01 Å². The van der Waals surface area contributed by atoms with Gasteiger partial charge < -0.3 is 4.74 Å². The number of aryl methyl sites for hydroxylation is 1. The van der Waals surface area contributed by atoms with Crippen molar-refractivity contribution >= 4 is 0 Å². The summed E-state index contributed by atoms with van der Waals surface area (Å²) in [5.41, 5.74) is 1.37. The van der Waals surface area contributed by atoms with E-state index in [0.29, 0.717) is 0 Å². The van der Waals surface area contributed by atoms with Crippen molar-refractivity contribution in [2.24, 2.45) is 10.3 Å². The quantitative estimate of drug-likeness (QED) is 0.725. The molecule has 0 fully saturated rings. The second-order valence-electron chi connectivity index (χ2n) is 4.21. The zero-order chi connectivity index (χ0) is 11.9. The summed E-state index contributed by atoms with van der Waals surface area (Å²) in [6, 6.07) is 8.30. The normalized spacial score (nSPS) is 13.5. The van der Waals surface area contributed by atoms with Gasteiger partial charge in [-0.05, 0) is 37.0 Å². The van der Waals surface area contributed by atoms with Gasteiger partial charge in [0.05, 0.1) is 20.2 Å². The van der Waals surface area contributed by atoms with Crippen LogP contribution in [0.3, 0.4) is 0 Å². The van der Waals surface area contributed by atoms with E-state index in [2.05, 4.69) is 22.5 Å². The second kappa shape index (κ2) is 7.69. The summed E-state index contributed by atoms with van der Waals surface area (Å²) in [6.07, 6.45) is 3.48. The molecule has 1 heterocycles. The SMILES string of the molecule is C.COc1ccc(CCCCN2CCN=N2)cc1. The van der Waals surface area contributed by atoms with E-state index in [-0.39, 0.29) is 7.43 Å².